The largest absolute Gasteiger partial charge is 0.458 e. The number of rotatable bonds is 1. The van der Waals surface area contributed by atoms with Crippen LogP contribution in [0.2, 0.25) is 0 Å². The van der Waals surface area contributed by atoms with Crippen molar-refractivity contribution in [2.45, 2.75) is 50.7 Å². The van der Waals surface area contributed by atoms with Gasteiger partial charge in [-0.25, -0.2) is 4.79 Å². The first-order chi connectivity index (χ1) is 8.42. The van der Waals surface area contributed by atoms with Gasteiger partial charge in [0.05, 0.1) is 0 Å². The molecule has 0 bridgehead atoms. The highest BCUT2D eigenvalue weighted by molar-refractivity contribution is 5.91. The quantitative estimate of drug-likeness (QED) is 0.773. The fourth-order valence-electron chi connectivity index (χ4n) is 2.97. The minimum Gasteiger partial charge on any atom is -0.458 e. The maximum absolute atomic E-state index is 12.4. The second kappa shape index (κ2) is 3.50. The molecule has 1 fully saturated rings. The molecule has 2 unspecified atom stereocenters. The number of carbonyl (C=O) groups excluding carboxylic acids is 1. The standard InChI is InChI=1S/C15H19NO2/c1-14(2,3)18-13(17)15-9-8-11(15)10-6-4-5-7-12(10)16-15/h4-7,11,16H,8-9H2,1-3H3. The van der Waals surface area contributed by atoms with Gasteiger partial charge in [0.1, 0.15) is 11.1 Å². The molecule has 1 heterocycles. The number of hydrogen-bond donors (Lipinski definition) is 1. The minimum atomic E-state index is -0.503. The lowest BCUT2D eigenvalue weighted by atomic mass is 9.66. The predicted octanol–water partition coefficient (Wildman–Crippen LogP) is 3.07. The molecule has 2 atom stereocenters. The SMILES string of the molecule is CC(C)(C)OC(=O)C12CCC1c1ccccc1N2. The number of nitrogens with one attached hydrogen (secondary N) is 1. The van der Waals surface area contributed by atoms with Crippen LogP contribution in [-0.4, -0.2) is 17.1 Å². The van der Waals surface area contributed by atoms with Gasteiger partial charge in [-0.1, -0.05) is 18.2 Å². The third-order valence-electron chi connectivity index (χ3n) is 3.88. The zero-order valence-corrected chi connectivity index (χ0v) is 11.1. The Labute approximate surface area is 108 Å². The van der Waals surface area contributed by atoms with Gasteiger partial charge in [-0.2, -0.15) is 0 Å². The maximum atomic E-state index is 12.4. The molecule has 1 aliphatic carbocycles. The lowest BCUT2D eigenvalue weighted by Gasteiger charge is -2.43. The second-order valence-electron chi connectivity index (χ2n) is 6.28. The minimum absolute atomic E-state index is 0.109. The van der Waals surface area contributed by atoms with Crippen LogP contribution >= 0.6 is 0 Å². The first-order valence-corrected chi connectivity index (χ1v) is 6.53. The second-order valence-corrected chi connectivity index (χ2v) is 6.28. The third kappa shape index (κ3) is 1.53. The zero-order chi connectivity index (χ0) is 13.0. The molecule has 0 spiro atoms. The highest BCUT2D eigenvalue weighted by Crippen LogP contribution is 2.55. The van der Waals surface area contributed by atoms with E-state index >= 15 is 0 Å². The number of carbonyl (C=O) groups is 1. The fourth-order valence-corrected chi connectivity index (χ4v) is 2.97. The molecule has 18 heavy (non-hydrogen) atoms. The van der Waals surface area contributed by atoms with Crippen molar-refractivity contribution < 1.29 is 9.53 Å². The van der Waals surface area contributed by atoms with Crippen molar-refractivity contribution >= 4 is 11.7 Å². The van der Waals surface area contributed by atoms with Gasteiger partial charge in [0.2, 0.25) is 0 Å². The molecule has 1 aromatic rings. The van der Waals surface area contributed by atoms with Gasteiger partial charge in [0.25, 0.3) is 0 Å². The van der Waals surface area contributed by atoms with Gasteiger partial charge in [0.15, 0.2) is 0 Å². The lowest BCUT2D eigenvalue weighted by Crippen LogP contribution is -2.56. The first kappa shape index (κ1) is 11.6. The van der Waals surface area contributed by atoms with Crippen molar-refractivity contribution in [3.05, 3.63) is 29.8 Å². The summed E-state index contributed by atoms with van der Waals surface area (Å²) in [7, 11) is 0. The van der Waals surface area contributed by atoms with E-state index in [0.29, 0.717) is 0 Å². The molecule has 1 aromatic carbocycles. The Hall–Kier alpha value is -1.51. The van der Waals surface area contributed by atoms with Gasteiger partial charge >= 0.3 is 5.97 Å². The number of hydrogen-bond acceptors (Lipinski definition) is 3. The molecular formula is C15H19NO2. The number of ether oxygens (including phenoxy) is 1. The van der Waals surface area contributed by atoms with E-state index < -0.39 is 11.1 Å². The Balaban J connectivity index is 1.89. The van der Waals surface area contributed by atoms with E-state index in [1.807, 2.05) is 39.0 Å². The predicted molar refractivity (Wildman–Crippen MR) is 70.6 cm³/mol. The Kier molecular flexibility index (Phi) is 2.25. The summed E-state index contributed by atoms with van der Waals surface area (Å²) in [6, 6.07) is 8.18. The summed E-state index contributed by atoms with van der Waals surface area (Å²) in [4.78, 5) is 12.4. The lowest BCUT2D eigenvalue weighted by molar-refractivity contribution is -0.164. The average molecular weight is 245 g/mol. The summed E-state index contributed by atoms with van der Waals surface area (Å²) < 4.78 is 5.58. The first-order valence-electron chi connectivity index (χ1n) is 6.53. The molecule has 3 rings (SSSR count). The molecule has 0 radical (unpaired) electrons. The maximum Gasteiger partial charge on any atom is 0.332 e. The molecule has 0 aromatic heterocycles. The van der Waals surface area contributed by atoms with Crippen LogP contribution in [0.4, 0.5) is 5.69 Å². The topological polar surface area (TPSA) is 38.3 Å². The summed E-state index contributed by atoms with van der Waals surface area (Å²) >= 11 is 0. The average Bonchev–Trinajstić information content (AvgIpc) is 2.45. The van der Waals surface area contributed by atoms with E-state index in [0.717, 1.165) is 18.5 Å². The molecular weight excluding hydrogens is 226 g/mol. The molecule has 0 saturated heterocycles. The van der Waals surface area contributed by atoms with Crippen molar-refractivity contribution in [2.24, 2.45) is 0 Å². The van der Waals surface area contributed by atoms with E-state index in [1.54, 1.807) is 0 Å². The zero-order valence-electron chi connectivity index (χ0n) is 11.1. The van der Waals surface area contributed by atoms with E-state index in [2.05, 4.69) is 11.4 Å². The third-order valence-corrected chi connectivity index (χ3v) is 3.88. The van der Waals surface area contributed by atoms with Gasteiger partial charge in [-0.15, -0.1) is 0 Å². The smallest absolute Gasteiger partial charge is 0.332 e. The molecule has 2 aliphatic rings. The number of anilines is 1. The number of benzene rings is 1. The summed E-state index contributed by atoms with van der Waals surface area (Å²) in [5.41, 5.74) is 1.42. The van der Waals surface area contributed by atoms with Crippen molar-refractivity contribution in [3.8, 4) is 0 Å². The summed E-state index contributed by atoms with van der Waals surface area (Å²) in [5, 5.41) is 3.40. The Morgan fingerprint density at radius 1 is 1.39 bits per heavy atom. The van der Waals surface area contributed by atoms with Crippen LogP contribution in [0.5, 0.6) is 0 Å². The van der Waals surface area contributed by atoms with Gasteiger partial charge in [-0.3, -0.25) is 0 Å². The van der Waals surface area contributed by atoms with Crippen LogP contribution in [0.1, 0.15) is 45.1 Å². The molecule has 3 heteroatoms. The highest BCUT2D eigenvalue weighted by atomic mass is 16.6. The molecule has 96 valence electrons. The monoisotopic (exact) mass is 245 g/mol. The van der Waals surface area contributed by atoms with Crippen LogP contribution in [0.15, 0.2) is 24.3 Å². The van der Waals surface area contributed by atoms with Crippen molar-refractivity contribution in [3.63, 3.8) is 0 Å². The molecule has 3 nitrogen and oxygen atoms in total. The van der Waals surface area contributed by atoms with Crippen LogP contribution in [0.3, 0.4) is 0 Å². The van der Waals surface area contributed by atoms with E-state index in [9.17, 15) is 4.79 Å². The highest BCUT2D eigenvalue weighted by Gasteiger charge is 2.59. The van der Waals surface area contributed by atoms with Crippen molar-refractivity contribution in [1.82, 2.24) is 0 Å². The van der Waals surface area contributed by atoms with Gasteiger partial charge in [0, 0.05) is 11.6 Å². The van der Waals surface area contributed by atoms with Crippen LogP contribution in [0.25, 0.3) is 0 Å². The Morgan fingerprint density at radius 3 is 2.72 bits per heavy atom. The van der Waals surface area contributed by atoms with E-state index in [-0.39, 0.29) is 11.9 Å². The molecule has 0 amide bonds. The summed E-state index contributed by atoms with van der Waals surface area (Å²) in [6.45, 7) is 5.74. The number of para-hydroxylation sites is 1. The van der Waals surface area contributed by atoms with Crippen molar-refractivity contribution in [2.75, 3.05) is 5.32 Å². The fraction of sp³-hybridized carbons (Fsp3) is 0.533. The van der Waals surface area contributed by atoms with Crippen LogP contribution in [0, 0.1) is 0 Å². The van der Waals surface area contributed by atoms with Crippen molar-refractivity contribution in [1.29, 1.82) is 0 Å². The normalized spacial score (nSPS) is 28.7. The number of esters is 1. The molecule has 1 saturated carbocycles. The molecule has 1 N–H and O–H groups in total. The van der Waals surface area contributed by atoms with Gasteiger partial charge < -0.3 is 10.1 Å². The molecule has 1 aliphatic heterocycles. The Bertz CT molecular complexity index is 503. The summed E-state index contributed by atoms with van der Waals surface area (Å²) in [6.07, 6.45) is 1.92. The Morgan fingerprint density at radius 2 is 2.11 bits per heavy atom. The van der Waals surface area contributed by atoms with E-state index in [4.69, 9.17) is 4.74 Å². The summed E-state index contributed by atoms with van der Waals surface area (Å²) in [5.74, 6) is 0.172. The van der Waals surface area contributed by atoms with Crippen LogP contribution in [-0.2, 0) is 9.53 Å². The van der Waals surface area contributed by atoms with E-state index in [1.165, 1.54) is 5.56 Å². The van der Waals surface area contributed by atoms with Crippen LogP contribution < -0.4 is 5.32 Å². The van der Waals surface area contributed by atoms with Gasteiger partial charge in [-0.05, 0) is 45.2 Å². The number of fused-ring (bicyclic) bond motifs is 3.